The number of thioether (sulfide) groups is 1. The number of nitrogens with one attached hydrogen (secondary N) is 1. The molecule has 3 nitrogen and oxygen atoms in total. The molecule has 1 fully saturated rings. The predicted molar refractivity (Wildman–Crippen MR) is 67.3 cm³/mol. The SMILES string of the molecule is CC1CSC(=NCc2ccccc2F)NC1=O. The molecule has 0 radical (unpaired) electrons. The molecule has 1 amide bonds. The summed E-state index contributed by atoms with van der Waals surface area (Å²) in [5.41, 5.74) is 0.536. The maximum absolute atomic E-state index is 13.3. The average Bonchev–Trinajstić information content (AvgIpc) is 2.32. The number of aliphatic imine (C=N–C) groups is 1. The van der Waals surface area contributed by atoms with Crippen LogP contribution in [0.5, 0.6) is 0 Å². The first-order valence-electron chi connectivity index (χ1n) is 5.38. The van der Waals surface area contributed by atoms with Gasteiger partial charge in [0.2, 0.25) is 5.91 Å². The maximum Gasteiger partial charge on any atom is 0.229 e. The second-order valence-electron chi connectivity index (χ2n) is 3.91. The standard InChI is InChI=1S/C12H13FN2OS/c1-8-7-17-12(15-11(8)16)14-6-9-4-2-3-5-10(9)13/h2-5,8H,6-7H2,1H3,(H,14,15,16). The third-order valence-corrected chi connectivity index (χ3v) is 3.67. The summed E-state index contributed by atoms with van der Waals surface area (Å²) < 4.78 is 13.3. The van der Waals surface area contributed by atoms with Crippen LogP contribution in [0.15, 0.2) is 29.3 Å². The van der Waals surface area contributed by atoms with Gasteiger partial charge in [0, 0.05) is 17.2 Å². The number of benzene rings is 1. The zero-order chi connectivity index (χ0) is 12.3. The van der Waals surface area contributed by atoms with E-state index in [-0.39, 0.29) is 24.2 Å². The van der Waals surface area contributed by atoms with E-state index in [1.807, 2.05) is 6.92 Å². The van der Waals surface area contributed by atoms with Gasteiger partial charge in [-0.2, -0.15) is 0 Å². The molecule has 17 heavy (non-hydrogen) atoms. The van der Waals surface area contributed by atoms with Gasteiger partial charge in [-0.05, 0) is 6.07 Å². The normalized spacial score (nSPS) is 22.6. The molecular weight excluding hydrogens is 239 g/mol. The Labute approximate surface area is 104 Å². The first-order chi connectivity index (χ1) is 8.16. The fourth-order valence-corrected chi connectivity index (χ4v) is 2.30. The predicted octanol–water partition coefficient (Wildman–Crippen LogP) is 2.18. The largest absolute Gasteiger partial charge is 0.305 e. The van der Waals surface area contributed by atoms with Crippen LogP contribution >= 0.6 is 11.8 Å². The Morgan fingerprint density at radius 3 is 3.00 bits per heavy atom. The number of halogens is 1. The van der Waals surface area contributed by atoms with Crippen molar-refractivity contribution in [3.8, 4) is 0 Å². The third kappa shape index (κ3) is 3.06. The molecule has 1 heterocycles. The van der Waals surface area contributed by atoms with E-state index in [2.05, 4.69) is 10.3 Å². The van der Waals surface area contributed by atoms with E-state index in [1.54, 1.807) is 18.2 Å². The molecule has 1 aromatic rings. The maximum atomic E-state index is 13.3. The second-order valence-corrected chi connectivity index (χ2v) is 4.92. The summed E-state index contributed by atoms with van der Waals surface area (Å²) in [5.74, 6) is 0.447. The Hall–Kier alpha value is -1.36. The van der Waals surface area contributed by atoms with Gasteiger partial charge in [0.15, 0.2) is 5.17 Å². The summed E-state index contributed by atoms with van der Waals surface area (Å²) in [6, 6.07) is 6.51. The molecule has 1 atom stereocenters. The summed E-state index contributed by atoms with van der Waals surface area (Å²) in [5, 5.41) is 3.29. The number of carbonyl (C=O) groups is 1. The van der Waals surface area contributed by atoms with Crippen molar-refractivity contribution in [3.05, 3.63) is 35.6 Å². The van der Waals surface area contributed by atoms with Gasteiger partial charge in [-0.3, -0.25) is 9.79 Å². The van der Waals surface area contributed by atoms with Crippen LogP contribution in [0.3, 0.4) is 0 Å². The number of nitrogens with zero attached hydrogens (tertiary/aromatic N) is 1. The molecule has 1 N–H and O–H groups in total. The molecule has 1 unspecified atom stereocenters. The third-order valence-electron chi connectivity index (χ3n) is 2.50. The summed E-state index contributed by atoms with van der Waals surface area (Å²) in [7, 11) is 0. The van der Waals surface area contributed by atoms with Crippen molar-refractivity contribution in [2.75, 3.05) is 5.75 Å². The molecular formula is C12H13FN2OS. The lowest BCUT2D eigenvalue weighted by Crippen LogP contribution is -2.39. The lowest BCUT2D eigenvalue weighted by atomic mass is 10.2. The molecule has 1 aliphatic rings. The van der Waals surface area contributed by atoms with Crippen LogP contribution in [0.25, 0.3) is 0 Å². The second kappa shape index (κ2) is 5.31. The summed E-state index contributed by atoms with van der Waals surface area (Å²) in [4.78, 5) is 15.6. The molecule has 1 saturated heterocycles. The van der Waals surface area contributed by atoms with Crippen LogP contribution in [-0.2, 0) is 11.3 Å². The van der Waals surface area contributed by atoms with E-state index in [9.17, 15) is 9.18 Å². The first-order valence-corrected chi connectivity index (χ1v) is 6.37. The van der Waals surface area contributed by atoms with Crippen molar-refractivity contribution in [1.82, 2.24) is 5.32 Å². The van der Waals surface area contributed by atoms with Gasteiger partial charge in [0.1, 0.15) is 5.82 Å². The van der Waals surface area contributed by atoms with Crippen LogP contribution < -0.4 is 5.32 Å². The van der Waals surface area contributed by atoms with Crippen molar-refractivity contribution in [2.24, 2.45) is 10.9 Å². The van der Waals surface area contributed by atoms with Crippen LogP contribution in [0, 0.1) is 11.7 Å². The van der Waals surface area contributed by atoms with Crippen molar-refractivity contribution in [2.45, 2.75) is 13.5 Å². The lowest BCUT2D eigenvalue weighted by Gasteiger charge is -2.19. The van der Waals surface area contributed by atoms with Crippen molar-refractivity contribution in [1.29, 1.82) is 0 Å². The highest BCUT2D eigenvalue weighted by Crippen LogP contribution is 2.16. The van der Waals surface area contributed by atoms with Gasteiger partial charge in [0.05, 0.1) is 6.54 Å². The number of carbonyl (C=O) groups excluding carboxylic acids is 1. The minimum atomic E-state index is -0.266. The first kappa shape index (κ1) is 12.1. The Morgan fingerprint density at radius 1 is 1.53 bits per heavy atom. The fourth-order valence-electron chi connectivity index (χ4n) is 1.41. The van der Waals surface area contributed by atoms with Gasteiger partial charge < -0.3 is 5.32 Å². The van der Waals surface area contributed by atoms with E-state index >= 15 is 0 Å². The summed E-state index contributed by atoms with van der Waals surface area (Å²) in [6.45, 7) is 2.12. The molecule has 0 spiro atoms. The molecule has 0 bridgehead atoms. The van der Waals surface area contributed by atoms with Gasteiger partial charge >= 0.3 is 0 Å². The van der Waals surface area contributed by atoms with Crippen LogP contribution in [0.2, 0.25) is 0 Å². The minimum absolute atomic E-state index is 0.00686. The highest BCUT2D eigenvalue weighted by atomic mass is 32.2. The lowest BCUT2D eigenvalue weighted by molar-refractivity contribution is -0.122. The van der Waals surface area contributed by atoms with E-state index < -0.39 is 0 Å². The number of amides is 1. The van der Waals surface area contributed by atoms with Crippen molar-refractivity contribution >= 4 is 22.8 Å². The minimum Gasteiger partial charge on any atom is -0.305 e. The van der Waals surface area contributed by atoms with E-state index in [4.69, 9.17) is 0 Å². The molecule has 1 aromatic carbocycles. The summed E-state index contributed by atoms with van der Waals surface area (Å²) >= 11 is 1.50. The van der Waals surface area contributed by atoms with Gasteiger partial charge in [-0.25, -0.2) is 4.39 Å². The Morgan fingerprint density at radius 2 is 2.29 bits per heavy atom. The molecule has 0 aromatic heterocycles. The average molecular weight is 252 g/mol. The Bertz CT molecular complexity index is 462. The zero-order valence-electron chi connectivity index (χ0n) is 9.44. The zero-order valence-corrected chi connectivity index (χ0v) is 10.3. The van der Waals surface area contributed by atoms with Crippen LogP contribution in [0.4, 0.5) is 4.39 Å². The quantitative estimate of drug-likeness (QED) is 0.876. The fraction of sp³-hybridized carbons (Fsp3) is 0.333. The molecule has 90 valence electrons. The molecule has 0 aliphatic carbocycles. The van der Waals surface area contributed by atoms with Gasteiger partial charge in [-0.15, -0.1) is 0 Å². The topological polar surface area (TPSA) is 41.5 Å². The number of amidine groups is 1. The number of hydrogen-bond donors (Lipinski definition) is 1. The van der Waals surface area contributed by atoms with Crippen molar-refractivity contribution in [3.63, 3.8) is 0 Å². The van der Waals surface area contributed by atoms with Crippen LogP contribution in [0.1, 0.15) is 12.5 Å². The van der Waals surface area contributed by atoms with Gasteiger partial charge in [0.25, 0.3) is 0 Å². The Kier molecular flexibility index (Phi) is 3.78. The highest BCUT2D eigenvalue weighted by Gasteiger charge is 2.21. The monoisotopic (exact) mass is 252 g/mol. The van der Waals surface area contributed by atoms with Crippen LogP contribution in [-0.4, -0.2) is 16.8 Å². The Balaban J connectivity index is 2.02. The van der Waals surface area contributed by atoms with E-state index in [0.717, 1.165) is 5.75 Å². The van der Waals surface area contributed by atoms with E-state index in [1.165, 1.54) is 17.8 Å². The molecule has 2 rings (SSSR count). The van der Waals surface area contributed by atoms with E-state index in [0.29, 0.717) is 10.7 Å². The number of hydrogen-bond acceptors (Lipinski definition) is 3. The smallest absolute Gasteiger partial charge is 0.229 e. The van der Waals surface area contributed by atoms with Gasteiger partial charge in [-0.1, -0.05) is 36.9 Å². The number of rotatable bonds is 2. The molecule has 0 saturated carbocycles. The summed E-state index contributed by atoms with van der Waals surface area (Å²) in [6.07, 6.45) is 0. The molecule has 1 aliphatic heterocycles. The highest BCUT2D eigenvalue weighted by molar-refractivity contribution is 8.14. The van der Waals surface area contributed by atoms with Crippen molar-refractivity contribution < 1.29 is 9.18 Å². The molecule has 5 heteroatoms.